The number of urea groups is 1. The molecule has 0 spiro atoms. The molecule has 4 rings (SSSR count). The molecule has 0 bridgehead atoms. The zero-order valence-corrected chi connectivity index (χ0v) is 18.7. The molecule has 1 saturated heterocycles. The number of sulfonamides is 1. The Labute approximate surface area is 187 Å². The van der Waals surface area contributed by atoms with E-state index < -0.39 is 15.9 Å². The predicted molar refractivity (Wildman–Crippen MR) is 122 cm³/mol. The van der Waals surface area contributed by atoms with Crippen LogP contribution in [0.4, 0.5) is 16.2 Å². The van der Waals surface area contributed by atoms with Gasteiger partial charge in [0.25, 0.3) is 5.91 Å². The lowest BCUT2D eigenvalue weighted by Gasteiger charge is -2.31. The van der Waals surface area contributed by atoms with E-state index in [1.54, 1.807) is 36.4 Å². The zero-order chi connectivity index (χ0) is 22.7. The second-order valence-corrected chi connectivity index (χ2v) is 10.1. The molecule has 2 aromatic carbocycles. The Morgan fingerprint density at radius 3 is 2.16 bits per heavy atom. The van der Waals surface area contributed by atoms with Crippen molar-refractivity contribution in [3.8, 4) is 0 Å². The summed E-state index contributed by atoms with van der Waals surface area (Å²) in [7, 11) is -1.70. The van der Waals surface area contributed by atoms with Gasteiger partial charge < -0.3 is 20.9 Å². The van der Waals surface area contributed by atoms with Crippen molar-refractivity contribution >= 4 is 33.3 Å². The molecule has 1 heterocycles. The van der Waals surface area contributed by atoms with E-state index in [1.807, 2.05) is 7.05 Å². The molecular formula is C22H27N5O4S. The molecule has 3 N–H and O–H groups in total. The van der Waals surface area contributed by atoms with Gasteiger partial charge in [-0.05, 0) is 62.4 Å². The van der Waals surface area contributed by atoms with Gasteiger partial charge in [-0.3, -0.25) is 4.79 Å². The first kappa shape index (κ1) is 22.3. The lowest BCUT2D eigenvalue weighted by atomic mass is 10.2. The Balaban J connectivity index is 1.39. The van der Waals surface area contributed by atoms with E-state index in [0.29, 0.717) is 37.6 Å². The quantitative estimate of drug-likeness (QED) is 0.616. The van der Waals surface area contributed by atoms with Crippen LogP contribution in [0.2, 0.25) is 0 Å². The molecule has 0 atom stereocenters. The highest BCUT2D eigenvalue weighted by Gasteiger charge is 2.28. The molecule has 9 nitrogen and oxygen atoms in total. The third kappa shape index (κ3) is 5.45. The summed E-state index contributed by atoms with van der Waals surface area (Å²) in [5.74, 6) is -0.410. The largest absolute Gasteiger partial charge is 0.335 e. The van der Waals surface area contributed by atoms with E-state index in [9.17, 15) is 18.0 Å². The molecule has 0 aromatic heterocycles. The minimum absolute atomic E-state index is 0.107. The Morgan fingerprint density at radius 2 is 1.53 bits per heavy atom. The maximum absolute atomic E-state index is 13.0. The number of benzene rings is 2. The molecule has 2 aliphatic rings. The first-order chi connectivity index (χ1) is 15.3. The summed E-state index contributed by atoms with van der Waals surface area (Å²) < 4.78 is 27.4. The number of carbonyl (C=O) groups excluding carboxylic acids is 2. The van der Waals surface area contributed by atoms with Crippen LogP contribution in [0.1, 0.15) is 23.2 Å². The molecule has 3 amide bonds. The molecule has 2 fully saturated rings. The van der Waals surface area contributed by atoms with E-state index in [0.717, 1.165) is 12.8 Å². The Kier molecular flexibility index (Phi) is 6.45. The summed E-state index contributed by atoms with van der Waals surface area (Å²) in [4.78, 5) is 26.7. The number of anilines is 2. The summed E-state index contributed by atoms with van der Waals surface area (Å²) in [6, 6.07) is 12.8. The van der Waals surface area contributed by atoms with Crippen LogP contribution in [-0.4, -0.2) is 68.8 Å². The predicted octanol–water partition coefficient (Wildman–Crippen LogP) is 2.16. The van der Waals surface area contributed by atoms with Crippen molar-refractivity contribution in [2.75, 3.05) is 43.9 Å². The van der Waals surface area contributed by atoms with Crippen molar-refractivity contribution in [2.45, 2.75) is 23.8 Å². The van der Waals surface area contributed by atoms with Crippen molar-refractivity contribution in [1.29, 1.82) is 0 Å². The van der Waals surface area contributed by atoms with Gasteiger partial charge in [0.1, 0.15) is 0 Å². The van der Waals surface area contributed by atoms with Crippen LogP contribution in [0.15, 0.2) is 53.4 Å². The van der Waals surface area contributed by atoms with Crippen LogP contribution < -0.4 is 16.0 Å². The molecule has 2 aromatic rings. The molecular weight excluding hydrogens is 430 g/mol. The average Bonchev–Trinajstić information content (AvgIpc) is 3.59. The van der Waals surface area contributed by atoms with E-state index in [1.165, 1.54) is 16.4 Å². The van der Waals surface area contributed by atoms with Gasteiger partial charge in [0.05, 0.1) is 4.90 Å². The lowest BCUT2D eigenvalue weighted by Crippen LogP contribution is -2.47. The van der Waals surface area contributed by atoms with Crippen LogP contribution in [0.25, 0.3) is 0 Å². The Hall–Kier alpha value is -2.95. The molecule has 0 radical (unpaired) electrons. The normalized spacial score (nSPS) is 17.5. The SMILES string of the molecule is CN1CCN(S(=O)(=O)c2cccc(C(=O)Nc3ccc(NC(=O)NC4CC4)cc3)c2)CC1. The fourth-order valence-corrected chi connectivity index (χ4v) is 4.86. The molecule has 170 valence electrons. The molecule has 10 heteroatoms. The minimum Gasteiger partial charge on any atom is -0.335 e. The topological polar surface area (TPSA) is 111 Å². The summed E-state index contributed by atoms with van der Waals surface area (Å²) in [5.41, 5.74) is 1.41. The summed E-state index contributed by atoms with van der Waals surface area (Å²) in [6.07, 6.45) is 2.02. The Morgan fingerprint density at radius 1 is 0.906 bits per heavy atom. The molecule has 1 aliphatic heterocycles. The summed E-state index contributed by atoms with van der Waals surface area (Å²) in [6.45, 7) is 2.20. The number of rotatable bonds is 6. The van der Waals surface area contributed by atoms with Gasteiger partial charge in [-0.15, -0.1) is 0 Å². The van der Waals surface area contributed by atoms with E-state index in [4.69, 9.17) is 0 Å². The highest BCUT2D eigenvalue weighted by atomic mass is 32.2. The van der Waals surface area contributed by atoms with Gasteiger partial charge in [-0.2, -0.15) is 4.31 Å². The van der Waals surface area contributed by atoms with Crippen LogP contribution in [0, 0.1) is 0 Å². The summed E-state index contributed by atoms with van der Waals surface area (Å²) >= 11 is 0. The standard InChI is InChI=1S/C22H27N5O4S/c1-26-11-13-27(14-12-26)32(30,31)20-4-2-3-16(15-20)21(28)23-17-5-7-18(8-6-17)24-22(29)25-19-9-10-19/h2-8,15,19H,9-14H2,1H3,(H,23,28)(H2,24,25,29). The first-order valence-electron chi connectivity index (χ1n) is 10.6. The van der Waals surface area contributed by atoms with Gasteiger partial charge >= 0.3 is 6.03 Å². The zero-order valence-electron chi connectivity index (χ0n) is 17.9. The van der Waals surface area contributed by atoms with Crippen molar-refractivity contribution in [3.05, 3.63) is 54.1 Å². The van der Waals surface area contributed by atoms with Gasteiger partial charge in [0, 0.05) is 49.2 Å². The first-order valence-corrected chi connectivity index (χ1v) is 12.0. The van der Waals surface area contributed by atoms with Gasteiger partial charge in [0.2, 0.25) is 10.0 Å². The molecule has 1 saturated carbocycles. The maximum atomic E-state index is 13.0. The third-order valence-corrected chi connectivity index (χ3v) is 7.40. The third-order valence-electron chi connectivity index (χ3n) is 5.51. The molecule has 0 unspecified atom stereocenters. The van der Waals surface area contributed by atoms with Crippen molar-refractivity contribution < 1.29 is 18.0 Å². The Bertz CT molecular complexity index is 1090. The number of nitrogens with one attached hydrogen (secondary N) is 3. The van der Waals surface area contributed by atoms with E-state index in [-0.39, 0.29) is 22.5 Å². The van der Waals surface area contributed by atoms with E-state index in [2.05, 4.69) is 20.9 Å². The highest BCUT2D eigenvalue weighted by Crippen LogP contribution is 2.21. The van der Waals surface area contributed by atoms with Gasteiger partial charge in [0.15, 0.2) is 0 Å². The fourth-order valence-electron chi connectivity index (χ4n) is 3.40. The monoisotopic (exact) mass is 457 g/mol. The van der Waals surface area contributed by atoms with Crippen molar-refractivity contribution in [3.63, 3.8) is 0 Å². The van der Waals surface area contributed by atoms with Gasteiger partial charge in [-0.1, -0.05) is 6.07 Å². The highest BCUT2D eigenvalue weighted by molar-refractivity contribution is 7.89. The van der Waals surface area contributed by atoms with Crippen molar-refractivity contribution in [1.82, 2.24) is 14.5 Å². The second kappa shape index (κ2) is 9.27. The number of carbonyl (C=O) groups is 2. The minimum atomic E-state index is -3.66. The average molecular weight is 458 g/mol. The number of hydrogen-bond donors (Lipinski definition) is 3. The second-order valence-electron chi connectivity index (χ2n) is 8.14. The molecule has 1 aliphatic carbocycles. The van der Waals surface area contributed by atoms with E-state index >= 15 is 0 Å². The maximum Gasteiger partial charge on any atom is 0.319 e. The van der Waals surface area contributed by atoms with Gasteiger partial charge in [-0.25, -0.2) is 13.2 Å². The summed E-state index contributed by atoms with van der Waals surface area (Å²) in [5, 5.41) is 8.35. The van der Waals surface area contributed by atoms with Crippen LogP contribution in [-0.2, 0) is 10.0 Å². The molecule has 32 heavy (non-hydrogen) atoms. The number of hydrogen-bond acceptors (Lipinski definition) is 5. The van der Waals surface area contributed by atoms with Crippen LogP contribution in [0.3, 0.4) is 0 Å². The number of piperazine rings is 1. The van der Waals surface area contributed by atoms with Crippen LogP contribution >= 0.6 is 0 Å². The number of nitrogens with zero attached hydrogens (tertiary/aromatic N) is 2. The lowest BCUT2D eigenvalue weighted by molar-refractivity contribution is 0.102. The smallest absolute Gasteiger partial charge is 0.319 e. The number of amides is 3. The fraction of sp³-hybridized carbons (Fsp3) is 0.364. The van der Waals surface area contributed by atoms with Crippen molar-refractivity contribution in [2.24, 2.45) is 0 Å². The van der Waals surface area contributed by atoms with Crippen LogP contribution in [0.5, 0.6) is 0 Å². The number of likely N-dealkylation sites (N-methyl/N-ethyl adjacent to an activating group) is 1.